The zero-order chi connectivity index (χ0) is 12.1. The highest BCUT2D eigenvalue weighted by Crippen LogP contribution is 2.43. The molecule has 0 amide bonds. The summed E-state index contributed by atoms with van der Waals surface area (Å²) in [5.41, 5.74) is 0. The number of hydrogen-bond donors (Lipinski definition) is 0. The zero-order valence-electron chi connectivity index (χ0n) is 12.1. The monoisotopic (exact) mass is 224 g/mol. The van der Waals surface area contributed by atoms with Crippen molar-refractivity contribution in [3.63, 3.8) is 0 Å². The van der Waals surface area contributed by atoms with Crippen molar-refractivity contribution in [3.8, 4) is 0 Å². The molecule has 1 unspecified atom stereocenters. The lowest BCUT2D eigenvalue weighted by molar-refractivity contribution is 0.110. The molecular weight excluding hydrogens is 192 g/mol. The standard InChI is InChI=1S/C16H32/c1-12(2)7-6-8-15-10-16(11-15)14(5)9-13(3)4/h12-16H,6-11H2,1-5H3. The minimum Gasteiger partial charge on any atom is -0.0628 e. The van der Waals surface area contributed by atoms with Crippen LogP contribution < -0.4 is 0 Å². The molecule has 16 heavy (non-hydrogen) atoms. The van der Waals surface area contributed by atoms with Crippen molar-refractivity contribution in [2.45, 2.75) is 73.1 Å². The lowest BCUT2D eigenvalue weighted by atomic mass is 9.66. The normalized spacial score (nSPS) is 27.2. The molecule has 0 aromatic heterocycles. The van der Waals surface area contributed by atoms with Crippen LogP contribution in [0.1, 0.15) is 73.1 Å². The van der Waals surface area contributed by atoms with Crippen molar-refractivity contribution in [2.75, 3.05) is 0 Å². The average Bonchev–Trinajstić information content (AvgIpc) is 2.06. The third-order valence-electron chi connectivity index (χ3n) is 4.31. The van der Waals surface area contributed by atoms with Crippen molar-refractivity contribution in [3.05, 3.63) is 0 Å². The van der Waals surface area contributed by atoms with Gasteiger partial charge in [-0.05, 0) is 48.9 Å². The second-order valence-corrected chi connectivity index (χ2v) is 7.03. The first-order chi connectivity index (χ1) is 7.49. The maximum atomic E-state index is 2.47. The number of rotatable bonds is 7. The van der Waals surface area contributed by atoms with Crippen molar-refractivity contribution < 1.29 is 0 Å². The average molecular weight is 224 g/mol. The molecule has 0 heterocycles. The van der Waals surface area contributed by atoms with Crippen LogP contribution in [0.3, 0.4) is 0 Å². The fourth-order valence-electron chi connectivity index (χ4n) is 3.24. The van der Waals surface area contributed by atoms with E-state index in [0.717, 1.165) is 29.6 Å². The molecule has 0 N–H and O–H groups in total. The van der Waals surface area contributed by atoms with Gasteiger partial charge in [-0.25, -0.2) is 0 Å². The van der Waals surface area contributed by atoms with Gasteiger partial charge >= 0.3 is 0 Å². The minimum absolute atomic E-state index is 0.884. The summed E-state index contributed by atoms with van der Waals surface area (Å²) < 4.78 is 0. The maximum absolute atomic E-state index is 2.47. The van der Waals surface area contributed by atoms with Crippen molar-refractivity contribution in [1.82, 2.24) is 0 Å². The van der Waals surface area contributed by atoms with Crippen LogP contribution in [0.4, 0.5) is 0 Å². The summed E-state index contributed by atoms with van der Waals surface area (Å²) >= 11 is 0. The summed E-state index contributed by atoms with van der Waals surface area (Å²) in [5, 5.41) is 0. The molecule has 1 rings (SSSR count). The Balaban J connectivity index is 2.04. The molecule has 96 valence electrons. The first-order valence-corrected chi connectivity index (χ1v) is 7.49. The topological polar surface area (TPSA) is 0 Å². The van der Waals surface area contributed by atoms with Gasteiger partial charge in [0, 0.05) is 0 Å². The molecule has 0 heteroatoms. The fraction of sp³-hybridized carbons (Fsp3) is 1.00. The molecule has 1 aliphatic carbocycles. The molecule has 0 radical (unpaired) electrons. The van der Waals surface area contributed by atoms with Crippen LogP contribution >= 0.6 is 0 Å². The fourth-order valence-corrected chi connectivity index (χ4v) is 3.24. The van der Waals surface area contributed by atoms with Gasteiger partial charge in [0.1, 0.15) is 0 Å². The first-order valence-electron chi connectivity index (χ1n) is 7.49. The molecule has 1 fully saturated rings. The van der Waals surface area contributed by atoms with Crippen molar-refractivity contribution in [2.24, 2.45) is 29.6 Å². The van der Waals surface area contributed by atoms with E-state index >= 15 is 0 Å². The summed E-state index contributed by atoms with van der Waals surface area (Å²) in [7, 11) is 0. The second kappa shape index (κ2) is 6.67. The molecule has 1 atom stereocenters. The Morgan fingerprint density at radius 2 is 1.56 bits per heavy atom. The van der Waals surface area contributed by atoms with Gasteiger partial charge in [-0.2, -0.15) is 0 Å². The smallest absolute Gasteiger partial charge is 0.0383 e. The number of hydrogen-bond acceptors (Lipinski definition) is 0. The van der Waals surface area contributed by atoms with E-state index in [0.29, 0.717) is 0 Å². The van der Waals surface area contributed by atoms with Gasteiger partial charge in [-0.1, -0.05) is 53.9 Å². The summed E-state index contributed by atoms with van der Waals surface area (Å²) in [6, 6.07) is 0. The highest BCUT2D eigenvalue weighted by molar-refractivity contribution is 4.83. The summed E-state index contributed by atoms with van der Waals surface area (Å²) in [6.07, 6.45) is 8.90. The molecule has 0 bridgehead atoms. The summed E-state index contributed by atoms with van der Waals surface area (Å²) in [5.74, 6) is 4.90. The third-order valence-corrected chi connectivity index (χ3v) is 4.31. The van der Waals surface area contributed by atoms with Crippen LogP contribution in [0.15, 0.2) is 0 Å². The van der Waals surface area contributed by atoms with Crippen LogP contribution in [0.2, 0.25) is 0 Å². The van der Waals surface area contributed by atoms with E-state index in [9.17, 15) is 0 Å². The molecule has 0 nitrogen and oxygen atoms in total. The van der Waals surface area contributed by atoms with Gasteiger partial charge in [0.15, 0.2) is 0 Å². The van der Waals surface area contributed by atoms with Crippen LogP contribution in [-0.2, 0) is 0 Å². The molecule has 0 spiro atoms. The molecule has 1 saturated carbocycles. The van der Waals surface area contributed by atoms with E-state index in [2.05, 4.69) is 34.6 Å². The quantitative estimate of drug-likeness (QED) is 0.534. The Labute approximate surface area is 103 Å². The highest BCUT2D eigenvalue weighted by atomic mass is 14.4. The first kappa shape index (κ1) is 14.1. The van der Waals surface area contributed by atoms with E-state index in [1.54, 1.807) is 0 Å². The molecule has 0 aromatic carbocycles. The van der Waals surface area contributed by atoms with E-state index in [4.69, 9.17) is 0 Å². The minimum atomic E-state index is 0.884. The summed E-state index contributed by atoms with van der Waals surface area (Å²) in [6.45, 7) is 11.9. The van der Waals surface area contributed by atoms with Crippen LogP contribution in [-0.4, -0.2) is 0 Å². The van der Waals surface area contributed by atoms with Crippen molar-refractivity contribution in [1.29, 1.82) is 0 Å². The molecule has 0 saturated heterocycles. The predicted molar refractivity (Wildman–Crippen MR) is 73.5 cm³/mol. The Bertz CT molecular complexity index is 174. The van der Waals surface area contributed by atoms with Crippen molar-refractivity contribution >= 4 is 0 Å². The van der Waals surface area contributed by atoms with E-state index in [1.165, 1.54) is 38.5 Å². The van der Waals surface area contributed by atoms with E-state index in [1.807, 2.05) is 0 Å². The molecule has 0 aliphatic heterocycles. The Morgan fingerprint density at radius 1 is 0.938 bits per heavy atom. The SMILES string of the molecule is CC(C)CCCC1CC(C(C)CC(C)C)C1. The lowest BCUT2D eigenvalue weighted by Gasteiger charge is -2.40. The largest absolute Gasteiger partial charge is 0.0628 e. The Morgan fingerprint density at radius 3 is 2.06 bits per heavy atom. The van der Waals surface area contributed by atoms with Gasteiger partial charge in [0.2, 0.25) is 0 Å². The van der Waals surface area contributed by atoms with Crippen LogP contribution in [0, 0.1) is 29.6 Å². The molecule has 0 aromatic rings. The zero-order valence-corrected chi connectivity index (χ0v) is 12.1. The molecular formula is C16H32. The van der Waals surface area contributed by atoms with Gasteiger partial charge in [0.05, 0.1) is 0 Å². The van der Waals surface area contributed by atoms with Gasteiger partial charge in [-0.15, -0.1) is 0 Å². The van der Waals surface area contributed by atoms with E-state index < -0.39 is 0 Å². The Hall–Kier alpha value is 0. The predicted octanol–water partition coefficient (Wildman–Crippen LogP) is 5.52. The molecule has 1 aliphatic rings. The van der Waals surface area contributed by atoms with Gasteiger partial charge < -0.3 is 0 Å². The highest BCUT2D eigenvalue weighted by Gasteiger charge is 2.32. The van der Waals surface area contributed by atoms with E-state index in [-0.39, 0.29) is 0 Å². The Kier molecular flexibility index (Phi) is 5.86. The summed E-state index contributed by atoms with van der Waals surface area (Å²) in [4.78, 5) is 0. The van der Waals surface area contributed by atoms with Gasteiger partial charge in [-0.3, -0.25) is 0 Å². The van der Waals surface area contributed by atoms with Gasteiger partial charge in [0.25, 0.3) is 0 Å². The lowest BCUT2D eigenvalue weighted by Crippen LogP contribution is -2.29. The van der Waals surface area contributed by atoms with Crippen LogP contribution in [0.5, 0.6) is 0 Å². The second-order valence-electron chi connectivity index (χ2n) is 7.03. The third kappa shape index (κ3) is 4.89. The van der Waals surface area contributed by atoms with Crippen LogP contribution in [0.25, 0.3) is 0 Å². The maximum Gasteiger partial charge on any atom is -0.0383 e.